The van der Waals surface area contributed by atoms with Crippen LogP contribution in [0.3, 0.4) is 0 Å². The summed E-state index contributed by atoms with van der Waals surface area (Å²) >= 11 is 0. The van der Waals surface area contributed by atoms with E-state index >= 15 is 0 Å². The Labute approximate surface area is 132 Å². The lowest BCUT2D eigenvalue weighted by molar-refractivity contribution is -0.138. The van der Waals surface area contributed by atoms with Crippen LogP contribution < -0.4 is 11.4 Å². The van der Waals surface area contributed by atoms with Crippen LogP contribution >= 0.6 is 0 Å². The van der Waals surface area contributed by atoms with E-state index in [9.17, 15) is 9.59 Å². The number of nitrogen functional groups attached to an aromatic ring is 1. The van der Waals surface area contributed by atoms with Crippen molar-refractivity contribution in [1.82, 2.24) is 9.55 Å². The first-order valence-electron chi connectivity index (χ1n) is 7.00. The molecule has 1 aliphatic rings. The Hall–Kier alpha value is -2.17. The lowest BCUT2D eigenvalue weighted by Gasteiger charge is -2.12. The van der Waals surface area contributed by atoms with Crippen molar-refractivity contribution in [3.63, 3.8) is 0 Å². The van der Waals surface area contributed by atoms with E-state index in [-0.39, 0.29) is 31.9 Å². The smallest absolute Gasteiger partial charge is 0.383 e. The summed E-state index contributed by atoms with van der Waals surface area (Å²) in [4.78, 5) is 24.5. The SMILES string of the molecule is CC(C)OC(=[OH+])OCOC[C@H]1OC[C@@H](n2ccc(N)nc2=O)O1. The van der Waals surface area contributed by atoms with E-state index in [0.29, 0.717) is 0 Å². The lowest BCUT2D eigenvalue weighted by Crippen LogP contribution is -2.29. The highest BCUT2D eigenvalue weighted by Crippen LogP contribution is 2.19. The standard InChI is InChI=1S/C13H19N3O7/c1-8(2)22-13(18)21-7-19-6-11-20-5-10(23-11)16-4-3-9(14)15-12(16)17/h3-4,8,10-11H,5-7H2,1-2H3,(H2,14,15,17)/p+1/t10-,11-/m0/s1. The molecular weight excluding hydrogens is 310 g/mol. The van der Waals surface area contributed by atoms with Crippen molar-refractivity contribution in [2.45, 2.75) is 32.5 Å². The van der Waals surface area contributed by atoms with Gasteiger partial charge in [-0.3, -0.25) is 9.30 Å². The van der Waals surface area contributed by atoms with Crippen LogP contribution in [0.4, 0.5) is 5.82 Å². The molecule has 23 heavy (non-hydrogen) atoms. The van der Waals surface area contributed by atoms with Gasteiger partial charge < -0.3 is 29.5 Å². The lowest BCUT2D eigenvalue weighted by atomic mass is 10.5. The molecule has 0 spiro atoms. The maximum atomic E-state index is 11.7. The summed E-state index contributed by atoms with van der Waals surface area (Å²) < 4.78 is 27.0. The summed E-state index contributed by atoms with van der Waals surface area (Å²) in [6.45, 7) is 3.50. The fourth-order valence-electron chi connectivity index (χ4n) is 1.79. The number of aromatic nitrogens is 2. The van der Waals surface area contributed by atoms with Gasteiger partial charge in [0, 0.05) is 6.20 Å². The van der Waals surface area contributed by atoms with Crippen LogP contribution in [-0.4, -0.2) is 52.9 Å². The average molecular weight is 330 g/mol. The molecule has 128 valence electrons. The monoisotopic (exact) mass is 330 g/mol. The number of hydrogen-bond acceptors (Lipinski definition) is 8. The van der Waals surface area contributed by atoms with Gasteiger partial charge in [0.25, 0.3) is 6.79 Å². The number of nitrogens with two attached hydrogens (primary N) is 1. The van der Waals surface area contributed by atoms with E-state index < -0.39 is 24.4 Å². The van der Waals surface area contributed by atoms with Crippen molar-refractivity contribution < 1.29 is 28.5 Å². The van der Waals surface area contributed by atoms with E-state index in [1.807, 2.05) is 0 Å². The third-order valence-electron chi connectivity index (χ3n) is 2.75. The molecule has 0 bridgehead atoms. The Kier molecular flexibility index (Phi) is 5.90. The number of hydrogen-bond donors (Lipinski definition) is 1. The maximum absolute atomic E-state index is 11.7. The van der Waals surface area contributed by atoms with Crippen LogP contribution in [0, 0.1) is 0 Å². The van der Waals surface area contributed by atoms with Gasteiger partial charge in [-0.2, -0.15) is 4.98 Å². The zero-order valence-corrected chi connectivity index (χ0v) is 12.9. The van der Waals surface area contributed by atoms with Gasteiger partial charge in [-0.25, -0.2) is 4.79 Å². The second kappa shape index (κ2) is 7.90. The predicted octanol–water partition coefficient (Wildman–Crippen LogP) is -0.427. The van der Waals surface area contributed by atoms with Gasteiger partial charge in [0.2, 0.25) is 0 Å². The summed E-state index contributed by atoms with van der Waals surface area (Å²) in [7, 11) is 0. The Balaban J connectivity index is 1.71. The van der Waals surface area contributed by atoms with Crippen molar-refractivity contribution in [1.29, 1.82) is 0 Å². The molecule has 1 saturated heterocycles. The number of nitrogens with zero attached hydrogens (tertiary/aromatic N) is 2. The number of anilines is 1. The van der Waals surface area contributed by atoms with E-state index in [0.717, 1.165) is 0 Å². The molecule has 2 heterocycles. The van der Waals surface area contributed by atoms with Crippen LogP contribution in [0.2, 0.25) is 0 Å². The van der Waals surface area contributed by atoms with E-state index in [2.05, 4.69) is 4.98 Å². The fraction of sp³-hybridized carbons (Fsp3) is 0.615. The highest BCUT2D eigenvalue weighted by Gasteiger charge is 2.28. The van der Waals surface area contributed by atoms with Crippen molar-refractivity contribution in [3.05, 3.63) is 22.7 Å². The van der Waals surface area contributed by atoms with E-state index in [4.69, 9.17) is 29.4 Å². The summed E-state index contributed by atoms with van der Waals surface area (Å²) in [5, 5.41) is 0. The maximum Gasteiger partial charge on any atom is 0.714 e. The second-order valence-corrected chi connectivity index (χ2v) is 4.96. The molecule has 0 unspecified atom stereocenters. The molecule has 0 saturated carbocycles. The fourth-order valence-corrected chi connectivity index (χ4v) is 1.79. The van der Waals surface area contributed by atoms with Crippen molar-refractivity contribution >= 4 is 12.0 Å². The largest absolute Gasteiger partial charge is 0.714 e. The van der Waals surface area contributed by atoms with Gasteiger partial charge in [0.15, 0.2) is 18.6 Å². The molecule has 1 fully saturated rings. The Morgan fingerprint density at radius 2 is 2.39 bits per heavy atom. The predicted molar refractivity (Wildman–Crippen MR) is 77.8 cm³/mol. The van der Waals surface area contributed by atoms with Crippen molar-refractivity contribution in [2.75, 3.05) is 25.7 Å². The quantitative estimate of drug-likeness (QED) is 0.322. The van der Waals surface area contributed by atoms with Gasteiger partial charge in [-0.1, -0.05) is 0 Å². The number of ether oxygens (including phenoxy) is 5. The zero-order valence-electron chi connectivity index (χ0n) is 12.9. The number of rotatable bonds is 6. The normalized spacial score (nSPS) is 20.7. The van der Waals surface area contributed by atoms with Crippen LogP contribution in [0.1, 0.15) is 20.1 Å². The number of carbonyl (C=O) groups excluding carboxylic acids is 1. The molecule has 10 nitrogen and oxygen atoms in total. The van der Waals surface area contributed by atoms with Crippen LogP contribution in [0.15, 0.2) is 17.1 Å². The molecule has 3 N–H and O–H groups in total. The zero-order chi connectivity index (χ0) is 16.8. The minimum atomic E-state index is -0.666. The highest BCUT2D eigenvalue weighted by molar-refractivity contribution is 5.60. The van der Waals surface area contributed by atoms with Crippen molar-refractivity contribution in [3.8, 4) is 0 Å². The minimum absolute atomic E-state index is 0.0581. The first-order chi connectivity index (χ1) is 11.0. The molecule has 1 aliphatic heterocycles. The first kappa shape index (κ1) is 17.2. The molecule has 10 heteroatoms. The summed E-state index contributed by atoms with van der Waals surface area (Å²) in [6.07, 6.45) is -0.549. The summed E-state index contributed by atoms with van der Waals surface area (Å²) in [5.74, 6) is 0.141. The van der Waals surface area contributed by atoms with Crippen LogP contribution in [0.5, 0.6) is 0 Å². The first-order valence-corrected chi connectivity index (χ1v) is 7.00. The van der Waals surface area contributed by atoms with Gasteiger partial charge >= 0.3 is 11.8 Å². The average Bonchev–Trinajstić information content (AvgIpc) is 2.91. The molecule has 0 aliphatic carbocycles. The molecule has 0 aromatic carbocycles. The van der Waals surface area contributed by atoms with Gasteiger partial charge in [0.05, 0.1) is 6.61 Å². The third kappa shape index (κ3) is 5.20. The topological polar surface area (TPSA) is 128 Å². The van der Waals surface area contributed by atoms with Gasteiger partial charge in [0.1, 0.15) is 12.4 Å². The molecule has 0 radical (unpaired) electrons. The van der Waals surface area contributed by atoms with E-state index in [1.54, 1.807) is 13.8 Å². The van der Waals surface area contributed by atoms with Crippen molar-refractivity contribution in [2.24, 2.45) is 0 Å². The molecule has 1 aromatic heterocycles. The van der Waals surface area contributed by atoms with Crippen LogP contribution in [-0.2, 0) is 23.7 Å². The third-order valence-corrected chi connectivity index (χ3v) is 2.75. The molecule has 1 aromatic rings. The minimum Gasteiger partial charge on any atom is -0.383 e. The van der Waals surface area contributed by atoms with E-state index in [1.165, 1.54) is 16.8 Å². The molecular formula is C13H20N3O7+. The van der Waals surface area contributed by atoms with Crippen LogP contribution in [0.25, 0.3) is 0 Å². The molecule has 2 rings (SSSR count). The Bertz CT molecular complexity index is 589. The van der Waals surface area contributed by atoms with Gasteiger partial charge in [-0.05, 0) is 19.9 Å². The second-order valence-electron chi connectivity index (χ2n) is 4.96. The Morgan fingerprint density at radius 3 is 3.09 bits per heavy atom. The molecule has 2 atom stereocenters. The Morgan fingerprint density at radius 1 is 1.61 bits per heavy atom. The molecule has 0 amide bonds. The summed E-state index contributed by atoms with van der Waals surface area (Å²) in [6, 6.07) is 1.50. The van der Waals surface area contributed by atoms with Gasteiger partial charge in [-0.15, -0.1) is 0 Å². The highest BCUT2D eigenvalue weighted by atomic mass is 16.8. The summed E-state index contributed by atoms with van der Waals surface area (Å²) in [5.41, 5.74) is 4.91.